The molecule has 0 bridgehead atoms. The van der Waals surface area contributed by atoms with Gasteiger partial charge in [-0.3, -0.25) is 28.3 Å². The third-order valence-electron chi connectivity index (χ3n) is 6.88. The first-order chi connectivity index (χ1) is 15.4. The second-order valence-corrected chi connectivity index (χ2v) is 8.59. The lowest BCUT2D eigenvalue weighted by Gasteiger charge is -2.14. The number of aromatic nitrogens is 2. The Balaban J connectivity index is 1.92. The van der Waals surface area contributed by atoms with E-state index < -0.39 is 0 Å². The first-order valence-electron chi connectivity index (χ1n) is 11.9. The van der Waals surface area contributed by atoms with Crippen molar-refractivity contribution in [1.29, 1.82) is 0 Å². The molecule has 0 amide bonds. The van der Waals surface area contributed by atoms with E-state index in [2.05, 4.69) is 27.7 Å². The quantitative estimate of drug-likeness (QED) is 0.358. The van der Waals surface area contributed by atoms with Gasteiger partial charge in [-0.25, -0.2) is 0 Å². The molecule has 2 heterocycles. The molecular weight excluding hydrogens is 408 g/mol. The molecular formula is C24H36N4O4+2. The summed E-state index contributed by atoms with van der Waals surface area (Å²) in [6, 6.07) is 2.91. The molecule has 174 valence electrons. The van der Waals surface area contributed by atoms with Gasteiger partial charge in [0.05, 0.1) is 60.8 Å². The van der Waals surface area contributed by atoms with Crippen LogP contribution in [0.2, 0.25) is 0 Å². The highest BCUT2D eigenvalue weighted by atomic mass is 16.2. The third-order valence-corrected chi connectivity index (χ3v) is 6.88. The van der Waals surface area contributed by atoms with Gasteiger partial charge < -0.3 is 9.80 Å². The average molecular weight is 445 g/mol. The molecule has 3 rings (SSSR count). The molecule has 0 saturated carbocycles. The minimum absolute atomic E-state index is 0.236. The predicted molar refractivity (Wildman–Crippen MR) is 128 cm³/mol. The highest BCUT2D eigenvalue weighted by Crippen LogP contribution is 2.14. The van der Waals surface area contributed by atoms with E-state index in [0.717, 1.165) is 52.1 Å². The molecule has 8 nitrogen and oxygen atoms in total. The normalized spacial score (nSPS) is 12.2. The summed E-state index contributed by atoms with van der Waals surface area (Å²) in [5, 5.41) is 0.943. The van der Waals surface area contributed by atoms with E-state index in [1.807, 2.05) is 0 Å². The molecule has 0 saturated heterocycles. The van der Waals surface area contributed by atoms with Gasteiger partial charge in [0.15, 0.2) is 0 Å². The number of rotatable bonds is 12. The molecule has 3 aromatic rings. The van der Waals surface area contributed by atoms with E-state index in [1.54, 1.807) is 0 Å². The van der Waals surface area contributed by atoms with E-state index in [1.165, 1.54) is 31.1 Å². The third kappa shape index (κ3) is 4.47. The first-order valence-corrected chi connectivity index (χ1v) is 11.9. The van der Waals surface area contributed by atoms with Crippen LogP contribution in [0.15, 0.2) is 31.3 Å². The van der Waals surface area contributed by atoms with Crippen molar-refractivity contribution < 1.29 is 9.80 Å². The molecule has 0 aliphatic rings. The van der Waals surface area contributed by atoms with Gasteiger partial charge in [0.1, 0.15) is 0 Å². The van der Waals surface area contributed by atoms with Gasteiger partial charge in [-0.05, 0) is 39.8 Å². The second-order valence-electron chi connectivity index (χ2n) is 8.59. The van der Waals surface area contributed by atoms with Crippen LogP contribution in [0, 0.1) is 0 Å². The van der Waals surface area contributed by atoms with Crippen molar-refractivity contribution in [3.63, 3.8) is 0 Å². The van der Waals surface area contributed by atoms with Gasteiger partial charge in [0, 0.05) is 25.9 Å². The van der Waals surface area contributed by atoms with E-state index in [9.17, 15) is 19.2 Å². The average Bonchev–Trinajstić information content (AvgIpc) is 3.18. The van der Waals surface area contributed by atoms with Crippen LogP contribution in [0.3, 0.4) is 0 Å². The highest BCUT2D eigenvalue weighted by Gasteiger charge is 2.19. The van der Waals surface area contributed by atoms with Crippen molar-refractivity contribution in [2.45, 2.75) is 53.6 Å². The van der Waals surface area contributed by atoms with Crippen LogP contribution in [0.25, 0.3) is 21.5 Å². The van der Waals surface area contributed by atoms with Crippen LogP contribution >= 0.6 is 0 Å². The van der Waals surface area contributed by atoms with E-state index in [4.69, 9.17) is 0 Å². The van der Waals surface area contributed by atoms with Gasteiger partial charge in [0.25, 0.3) is 22.2 Å². The van der Waals surface area contributed by atoms with Gasteiger partial charge in [0.2, 0.25) is 0 Å². The fourth-order valence-electron chi connectivity index (χ4n) is 4.66. The summed E-state index contributed by atoms with van der Waals surface area (Å²) in [6.45, 7) is 14.9. The van der Waals surface area contributed by atoms with Crippen molar-refractivity contribution in [3.8, 4) is 0 Å². The molecule has 32 heavy (non-hydrogen) atoms. The van der Waals surface area contributed by atoms with Gasteiger partial charge in [-0.2, -0.15) is 0 Å². The Morgan fingerprint density at radius 1 is 0.562 bits per heavy atom. The molecule has 1 aromatic carbocycles. The summed E-state index contributed by atoms with van der Waals surface area (Å²) in [5.41, 5.74) is -1.48. The fourth-order valence-corrected chi connectivity index (χ4v) is 4.66. The molecule has 0 atom stereocenters. The van der Waals surface area contributed by atoms with Crippen molar-refractivity contribution in [2.24, 2.45) is 0 Å². The summed E-state index contributed by atoms with van der Waals surface area (Å²) in [7, 11) is 0. The Labute approximate surface area is 187 Å². The standard InChI is InChI=1S/C24H34N4O4/c1-5-25(6-2)11-9-13-27-21(29)17-15-19-20(16-18(17)22(27)30)24(32)28(23(19)31)14-10-12-26(7-3)8-4/h15-16H,5-14H2,1-4H3/p+2. The van der Waals surface area contributed by atoms with Crippen LogP contribution in [0.1, 0.15) is 40.5 Å². The van der Waals surface area contributed by atoms with E-state index in [0.29, 0.717) is 13.1 Å². The maximum Gasteiger partial charge on any atom is 0.261 e. The van der Waals surface area contributed by atoms with Gasteiger partial charge in [-0.1, -0.05) is 0 Å². The van der Waals surface area contributed by atoms with Crippen molar-refractivity contribution in [1.82, 2.24) is 9.13 Å². The second kappa shape index (κ2) is 10.4. The lowest BCUT2D eigenvalue weighted by molar-refractivity contribution is -0.896. The zero-order valence-electron chi connectivity index (χ0n) is 19.8. The maximum atomic E-state index is 12.9. The number of nitrogens with one attached hydrogen (secondary N) is 2. The van der Waals surface area contributed by atoms with Crippen LogP contribution in [0.4, 0.5) is 0 Å². The molecule has 0 aliphatic heterocycles. The summed E-state index contributed by atoms with van der Waals surface area (Å²) in [6.07, 6.45) is 1.45. The zero-order chi connectivity index (χ0) is 23.4. The first kappa shape index (κ1) is 24.1. The van der Waals surface area contributed by atoms with E-state index in [-0.39, 0.29) is 43.8 Å². The van der Waals surface area contributed by atoms with Crippen LogP contribution in [0.5, 0.6) is 0 Å². The summed E-state index contributed by atoms with van der Waals surface area (Å²) in [5.74, 6) is 0. The highest BCUT2D eigenvalue weighted by molar-refractivity contribution is 5.97. The molecule has 8 heteroatoms. The van der Waals surface area contributed by atoms with Crippen molar-refractivity contribution in [2.75, 3.05) is 39.3 Å². The van der Waals surface area contributed by atoms with Crippen LogP contribution in [-0.2, 0) is 13.1 Å². The maximum absolute atomic E-state index is 12.9. The molecule has 2 N–H and O–H groups in total. The number of benzene rings is 1. The predicted octanol–water partition coefficient (Wildman–Crippen LogP) is -1.46. The minimum Gasteiger partial charge on any atom is -0.335 e. The van der Waals surface area contributed by atoms with E-state index >= 15 is 0 Å². The SMILES string of the molecule is CC[NH+](CC)CCCn1c(=O)c2cc3c(=O)n(CCC[NH+](CC)CC)c(=O)c3cc2c1=O. The molecule has 0 radical (unpaired) electrons. The number of fused-ring (bicyclic) bond motifs is 2. The number of hydrogen-bond donors (Lipinski definition) is 2. The summed E-state index contributed by atoms with van der Waals surface area (Å²) >= 11 is 0. The number of hydrogen-bond acceptors (Lipinski definition) is 4. The lowest BCUT2D eigenvalue weighted by Crippen LogP contribution is -3.11. The Morgan fingerprint density at radius 3 is 1.09 bits per heavy atom. The lowest BCUT2D eigenvalue weighted by atomic mass is 10.1. The monoisotopic (exact) mass is 444 g/mol. The Bertz CT molecular complexity index is 1100. The fraction of sp³-hybridized carbons (Fsp3) is 0.583. The molecule has 0 fully saturated rings. The summed E-state index contributed by atoms with van der Waals surface area (Å²) < 4.78 is 2.50. The Kier molecular flexibility index (Phi) is 7.79. The van der Waals surface area contributed by atoms with Crippen molar-refractivity contribution >= 4 is 21.5 Å². The van der Waals surface area contributed by atoms with Crippen molar-refractivity contribution in [3.05, 3.63) is 53.5 Å². The number of quaternary nitrogens is 2. The largest absolute Gasteiger partial charge is 0.335 e. The summed E-state index contributed by atoms with van der Waals surface area (Å²) in [4.78, 5) is 54.4. The number of nitrogens with zero attached hydrogens (tertiary/aromatic N) is 2. The molecule has 0 unspecified atom stereocenters. The topological polar surface area (TPSA) is 87.0 Å². The molecule has 0 spiro atoms. The Morgan fingerprint density at radius 2 is 0.844 bits per heavy atom. The van der Waals surface area contributed by atoms with Gasteiger partial charge in [-0.15, -0.1) is 0 Å². The van der Waals surface area contributed by atoms with Crippen LogP contribution < -0.4 is 32.0 Å². The minimum atomic E-state index is -0.369. The van der Waals surface area contributed by atoms with Gasteiger partial charge >= 0.3 is 0 Å². The zero-order valence-corrected chi connectivity index (χ0v) is 19.8. The molecule has 0 aliphatic carbocycles. The smallest absolute Gasteiger partial charge is 0.261 e. The molecule has 2 aromatic heterocycles. The Hall–Kier alpha value is -2.58. The van der Waals surface area contributed by atoms with Crippen LogP contribution in [-0.4, -0.2) is 48.4 Å².